The monoisotopic (exact) mass is 232 g/mol. The second kappa shape index (κ2) is 4.69. The minimum atomic E-state index is -1.02. The minimum Gasteiger partial charge on any atom is -0.480 e. The number of carboxylic acid groups (broad SMARTS) is 1. The van der Waals surface area contributed by atoms with Gasteiger partial charge in [-0.15, -0.1) is 0 Å². The summed E-state index contributed by atoms with van der Waals surface area (Å²) in [5.74, 6) is -1.02. The fraction of sp³-hybridized carbons (Fsp3) is 0.167. The van der Waals surface area contributed by atoms with E-state index in [4.69, 9.17) is 5.11 Å². The second-order valence-electron chi connectivity index (χ2n) is 3.72. The summed E-state index contributed by atoms with van der Waals surface area (Å²) in [7, 11) is 0. The van der Waals surface area contributed by atoms with Crippen molar-refractivity contribution >= 4 is 5.97 Å². The maximum atomic E-state index is 11.8. The van der Waals surface area contributed by atoms with Crippen molar-refractivity contribution in [1.82, 2.24) is 9.13 Å². The molecule has 0 fully saturated rings. The molecule has 88 valence electrons. The molecular weight excluding hydrogens is 220 g/mol. The summed E-state index contributed by atoms with van der Waals surface area (Å²) in [6.45, 7) is 0.146. The van der Waals surface area contributed by atoms with Crippen LogP contribution in [0, 0.1) is 0 Å². The van der Waals surface area contributed by atoms with E-state index in [1.54, 1.807) is 6.20 Å². The Morgan fingerprint density at radius 2 is 1.76 bits per heavy atom. The van der Waals surface area contributed by atoms with Crippen LogP contribution in [0.2, 0.25) is 0 Å². The zero-order chi connectivity index (χ0) is 12.3. The van der Waals surface area contributed by atoms with Crippen LogP contribution in [0.3, 0.4) is 0 Å². The standard InChI is InChI=1S/C12H12N2O3/c15-11(16)9-14-7-6-13(12(14)17)8-10-4-2-1-3-5-10/h1-7H,8-9H2,(H,15,16). The molecule has 0 aliphatic heterocycles. The number of hydrogen-bond donors (Lipinski definition) is 1. The highest BCUT2D eigenvalue weighted by molar-refractivity contribution is 5.66. The van der Waals surface area contributed by atoms with Gasteiger partial charge in [-0.2, -0.15) is 0 Å². The van der Waals surface area contributed by atoms with Crippen LogP contribution in [0.4, 0.5) is 0 Å². The lowest BCUT2D eigenvalue weighted by Crippen LogP contribution is -2.26. The average Bonchev–Trinajstić information content (AvgIpc) is 2.62. The molecule has 0 saturated heterocycles. The van der Waals surface area contributed by atoms with E-state index in [1.165, 1.54) is 15.3 Å². The van der Waals surface area contributed by atoms with Crippen LogP contribution in [0.25, 0.3) is 0 Å². The summed E-state index contributed by atoms with van der Waals surface area (Å²) in [4.78, 5) is 22.3. The van der Waals surface area contributed by atoms with Crippen LogP contribution >= 0.6 is 0 Å². The summed E-state index contributed by atoms with van der Waals surface area (Å²) >= 11 is 0. The number of benzene rings is 1. The summed E-state index contributed by atoms with van der Waals surface area (Å²) < 4.78 is 2.66. The fourth-order valence-electron chi connectivity index (χ4n) is 1.62. The first-order valence-electron chi connectivity index (χ1n) is 5.18. The summed E-state index contributed by atoms with van der Waals surface area (Å²) in [5.41, 5.74) is 0.693. The number of aromatic nitrogens is 2. The van der Waals surface area contributed by atoms with E-state index in [1.807, 2.05) is 30.3 Å². The van der Waals surface area contributed by atoms with E-state index in [2.05, 4.69) is 0 Å². The van der Waals surface area contributed by atoms with Gasteiger partial charge in [0.15, 0.2) is 0 Å². The average molecular weight is 232 g/mol. The van der Waals surface area contributed by atoms with Gasteiger partial charge in [0.05, 0.1) is 6.54 Å². The van der Waals surface area contributed by atoms with Crippen LogP contribution < -0.4 is 5.69 Å². The Balaban J connectivity index is 2.21. The molecule has 0 unspecified atom stereocenters. The molecule has 5 nitrogen and oxygen atoms in total. The molecular formula is C12H12N2O3. The third-order valence-corrected chi connectivity index (χ3v) is 2.42. The van der Waals surface area contributed by atoms with Crippen molar-refractivity contribution in [3.05, 3.63) is 58.8 Å². The highest BCUT2D eigenvalue weighted by Gasteiger charge is 2.06. The Labute approximate surface area is 97.5 Å². The first kappa shape index (κ1) is 11.2. The molecule has 0 spiro atoms. The first-order valence-corrected chi connectivity index (χ1v) is 5.18. The number of rotatable bonds is 4. The highest BCUT2D eigenvalue weighted by atomic mass is 16.4. The Kier molecular flexibility index (Phi) is 3.09. The Bertz CT molecular complexity index is 569. The maximum Gasteiger partial charge on any atom is 0.328 e. The van der Waals surface area contributed by atoms with Gasteiger partial charge in [0.2, 0.25) is 0 Å². The van der Waals surface area contributed by atoms with Gasteiger partial charge in [0.25, 0.3) is 0 Å². The van der Waals surface area contributed by atoms with Gasteiger partial charge in [-0.1, -0.05) is 30.3 Å². The van der Waals surface area contributed by atoms with Gasteiger partial charge in [0, 0.05) is 12.4 Å². The molecule has 1 aromatic carbocycles. The molecule has 0 atom stereocenters. The lowest BCUT2D eigenvalue weighted by atomic mass is 10.2. The molecule has 0 aliphatic carbocycles. The quantitative estimate of drug-likeness (QED) is 0.847. The summed E-state index contributed by atoms with van der Waals surface area (Å²) in [6, 6.07) is 9.53. The van der Waals surface area contributed by atoms with Crippen LogP contribution in [0.1, 0.15) is 5.56 Å². The van der Waals surface area contributed by atoms with Crippen molar-refractivity contribution in [3.63, 3.8) is 0 Å². The smallest absolute Gasteiger partial charge is 0.328 e. The predicted octanol–water partition coefficient (Wildman–Crippen LogP) is 0.783. The van der Waals surface area contributed by atoms with E-state index >= 15 is 0 Å². The topological polar surface area (TPSA) is 64.2 Å². The van der Waals surface area contributed by atoms with Crippen molar-refractivity contribution in [2.45, 2.75) is 13.1 Å². The highest BCUT2D eigenvalue weighted by Crippen LogP contribution is 2.00. The van der Waals surface area contributed by atoms with Crippen LogP contribution in [-0.2, 0) is 17.9 Å². The molecule has 1 aromatic heterocycles. The van der Waals surface area contributed by atoms with E-state index in [-0.39, 0.29) is 12.2 Å². The number of carbonyl (C=O) groups is 1. The van der Waals surface area contributed by atoms with Gasteiger partial charge in [-0.25, -0.2) is 4.79 Å². The van der Waals surface area contributed by atoms with Crippen LogP contribution in [0.15, 0.2) is 47.5 Å². The van der Waals surface area contributed by atoms with E-state index < -0.39 is 5.97 Å². The van der Waals surface area contributed by atoms with E-state index in [9.17, 15) is 9.59 Å². The predicted molar refractivity (Wildman–Crippen MR) is 61.9 cm³/mol. The largest absolute Gasteiger partial charge is 0.480 e. The second-order valence-corrected chi connectivity index (χ2v) is 3.72. The molecule has 17 heavy (non-hydrogen) atoms. The normalized spacial score (nSPS) is 10.4. The molecule has 5 heteroatoms. The van der Waals surface area contributed by atoms with Gasteiger partial charge in [-0.05, 0) is 5.56 Å². The molecule has 1 heterocycles. The Morgan fingerprint density at radius 1 is 1.12 bits per heavy atom. The SMILES string of the molecule is O=C(O)Cn1ccn(Cc2ccccc2)c1=O. The number of carboxylic acids is 1. The van der Waals surface area contributed by atoms with Crippen LogP contribution in [-0.4, -0.2) is 20.2 Å². The molecule has 2 rings (SSSR count). The van der Waals surface area contributed by atoms with Crippen molar-refractivity contribution in [3.8, 4) is 0 Å². The van der Waals surface area contributed by atoms with Crippen molar-refractivity contribution in [2.75, 3.05) is 0 Å². The Hall–Kier alpha value is -2.30. The fourth-order valence-corrected chi connectivity index (χ4v) is 1.62. The minimum absolute atomic E-state index is 0.305. The van der Waals surface area contributed by atoms with Crippen molar-refractivity contribution < 1.29 is 9.90 Å². The number of hydrogen-bond acceptors (Lipinski definition) is 2. The molecule has 0 radical (unpaired) electrons. The van der Waals surface area contributed by atoms with Gasteiger partial charge in [0.1, 0.15) is 6.54 Å². The van der Waals surface area contributed by atoms with Gasteiger partial charge < -0.3 is 5.11 Å². The van der Waals surface area contributed by atoms with Gasteiger partial charge >= 0.3 is 11.7 Å². The lowest BCUT2D eigenvalue weighted by Gasteiger charge is -2.01. The third-order valence-electron chi connectivity index (χ3n) is 2.42. The zero-order valence-corrected chi connectivity index (χ0v) is 9.11. The summed E-state index contributed by atoms with van der Waals surface area (Å²) in [5, 5.41) is 8.62. The number of nitrogens with zero attached hydrogens (tertiary/aromatic N) is 2. The van der Waals surface area contributed by atoms with Crippen molar-refractivity contribution in [1.29, 1.82) is 0 Å². The molecule has 2 aromatic rings. The van der Waals surface area contributed by atoms with Gasteiger partial charge in [-0.3, -0.25) is 13.9 Å². The lowest BCUT2D eigenvalue weighted by molar-refractivity contribution is -0.137. The summed E-state index contributed by atoms with van der Waals surface area (Å²) in [6.07, 6.45) is 3.08. The molecule has 0 amide bonds. The van der Waals surface area contributed by atoms with Crippen molar-refractivity contribution in [2.24, 2.45) is 0 Å². The molecule has 0 aliphatic rings. The molecule has 0 bridgehead atoms. The Morgan fingerprint density at radius 3 is 2.41 bits per heavy atom. The molecule has 0 saturated carbocycles. The third kappa shape index (κ3) is 2.63. The maximum absolute atomic E-state index is 11.8. The van der Waals surface area contributed by atoms with E-state index in [0.29, 0.717) is 6.54 Å². The number of aliphatic carboxylic acids is 1. The number of imidazole rings is 1. The molecule has 1 N–H and O–H groups in total. The zero-order valence-electron chi connectivity index (χ0n) is 9.11. The van der Waals surface area contributed by atoms with E-state index in [0.717, 1.165) is 5.56 Å². The first-order chi connectivity index (χ1) is 8.16. The van der Waals surface area contributed by atoms with Crippen LogP contribution in [0.5, 0.6) is 0 Å².